The molecule has 2 rings (SSSR count). The Bertz CT molecular complexity index is 561. The van der Waals surface area contributed by atoms with Crippen molar-refractivity contribution >= 4 is 31.9 Å². The van der Waals surface area contributed by atoms with E-state index in [2.05, 4.69) is 85.6 Å². The number of rotatable bonds is 3. The maximum Gasteiger partial charge on any atom is 0.164 e. The van der Waals surface area contributed by atoms with Crippen LogP contribution in [0.25, 0.3) is 11.4 Å². The monoisotopic (exact) mass is 371 g/mol. The Morgan fingerprint density at radius 1 is 1.28 bits per heavy atom. The Morgan fingerprint density at radius 3 is 2.56 bits per heavy atom. The van der Waals surface area contributed by atoms with E-state index in [9.17, 15) is 0 Å². The van der Waals surface area contributed by atoms with Gasteiger partial charge >= 0.3 is 0 Å². The fraction of sp³-hybridized carbons (Fsp3) is 0.385. The summed E-state index contributed by atoms with van der Waals surface area (Å²) in [6.07, 6.45) is 0. The summed E-state index contributed by atoms with van der Waals surface area (Å²) < 4.78 is 3.28. The molecule has 5 heteroatoms. The molecule has 96 valence electrons. The highest BCUT2D eigenvalue weighted by Gasteiger charge is 2.15. The van der Waals surface area contributed by atoms with Gasteiger partial charge in [-0.2, -0.15) is 0 Å². The molecule has 0 spiro atoms. The van der Waals surface area contributed by atoms with E-state index in [1.54, 1.807) is 0 Å². The van der Waals surface area contributed by atoms with E-state index >= 15 is 0 Å². The van der Waals surface area contributed by atoms with Gasteiger partial charge in [0.25, 0.3) is 0 Å². The molecule has 0 atom stereocenters. The van der Waals surface area contributed by atoms with E-state index in [4.69, 9.17) is 0 Å². The number of benzene rings is 1. The van der Waals surface area contributed by atoms with Crippen molar-refractivity contribution in [3.8, 4) is 11.4 Å². The first-order valence-corrected chi connectivity index (χ1v) is 7.72. The van der Waals surface area contributed by atoms with Crippen LogP contribution in [-0.4, -0.2) is 14.8 Å². The summed E-state index contributed by atoms with van der Waals surface area (Å²) in [5.41, 5.74) is 2.30. The second-order valence-electron chi connectivity index (χ2n) is 4.50. The average Bonchev–Trinajstić information content (AvgIpc) is 2.76. The molecule has 0 unspecified atom stereocenters. The Hall–Kier alpha value is -0.680. The molecule has 0 aliphatic heterocycles. The van der Waals surface area contributed by atoms with Gasteiger partial charge in [0.2, 0.25) is 0 Å². The average molecular weight is 373 g/mol. The van der Waals surface area contributed by atoms with E-state index in [1.807, 2.05) is 0 Å². The Kier molecular flexibility index (Phi) is 4.22. The molecule has 0 saturated heterocycles. The van der Waals surface area contributed by atoms with Crippen LogP contribution >= 0.6 is 31.9 Å². The Labute approximate surface area is 124 Å². The van der Waals surface area contributed by atoms with Crippen molar-refractivity contribution in [1.82, 2.24) is 14.8 Å². The lowest BCUT2D eigenvalue weighted by atomic mass is 10.1. The second-order valence-corrected chi connectivity index (χ2v) is 5.92. The highest BCUT2D eigenvalue weighted by molar-refractivity contribution is 9.10. The Morgan fingerprint density at radius 2 is 2.00 bits per heavy atom. The number of hydrogen-bond donors (Lipinski definition) is 0. The first kappa shape index (κ1) is 13.7. The minimum Gasteiger partial charge on any atom is -0.308 e. The third-order valence-electron chi connectivity index (χ3n) is 2.82. The van der Waals surface area contributed by atoms with Gasteiger partial charge in [-0.25, -0.2) is 0 Å². The standard InChI is InChI=1S/C13H15Br2N3/c1-8(2)18-12(7-14)16-17-13(18)10-4-5-11(15)9(3)6-10/h4-6,8H,7H2,1-3H3. The molecule has 18 heavy (non-hydrogen) atoms. The van der Waals surface area contributed by atoms with Gasteiger partial charge in [-0.05, 0) is 38.5 Å². The van der Waals surface area contributed by atoms with Gasteiger partial charge in [-0.15, -0.1) is 10.2 Å². The first-order valence-electron chi connectivity index (χ1n) is 5.81. The van der Waals surface area contributed by atoms with Gasteiger partial charge in [0.05, 0.1) is 5.33 Å². The molecule has 0 fully saturated rings. The van der Waals surface area contributed by atoms with Gasteiger partial charge in [0.1, 0.15) is 5.82 Å². The third kappa shape index (κ3) is 2.52. The molecule has 0 aliphatic carbocycles. The molecule has 3 nitrogen and oxygen atoms in total. The molecule has 1 aromatic carbocycles. The first-order chi connectivity index (χ1) is 8.54. The Balaban J connectivity index is 2.56. The summed E-state index contributed by atoms with van der Waals surface area (Å²) >= 11 is 6.98. The van der Waals surface area contributed by atoms with Crippen LogP contribution in [0.15, 0.2) is 22.7 Å². The van der Waals surface area contributed by atoms with Crippen molar-refractivity contribution in [2.45, 2.75) is 32.1 Å². The minimum atomic E-state index is 0.339. The largest absolute Gasteiger partial charge is 0.308 e. The van der Waals surface area contributed by atoms with Crippen molar-refractivity contribution in [2.24, 2.45) is 0 Å². The van der Waals surface area contributed by atoms with E-state index in [-0.39, 0.29) is 0 Å². The van der Waals surface area contributed by atoms with Crippen LogP contribution in [0.2, 0.25) is 0 Å². The molecule has 0 aliphatic rings. The fourth-order valence-electron chi connectivity index (χ4n) is 1.94. The number of nitrogens with zero attached hydrogens (tertiary/aromatic N) is 3. The summed E-state index contributed by atoms with van der Waals surface area (Å²) in [5.74, 6) is 1.88. The van der Waals surface area contributed by atoms with E-state index in [1.165, 1.54) is 5.56 Å². The molecule has 0 radical (unpaired) electrons. The smallest absolute Gasteiger partial charge is 0.164 e. The molecule has 2 aromatic rings. The topological polar surface area (TPSA) is 30.7 Å². The third-order valence-corrected chi connectivity index (χ3v) is 4.21. The van der Waals surface area contributed by atoms with Crippen molar-refractivity contribution in [1.29, 1.82) is 0 Å². The van der Waals surface area contributed by atoms with Crippen molar-refractivity contribution in [2.75, 3.05) is 0 Å². The molecule has 0 saturated carbocycles. The van der Waals surface area contributed by atoms with Crippen LogP contribution in [0.1, 0.15) is 31.3 Å². The predicted octanol–water partition coefficient (Wildman–Crippen LogP) is 4.49. The number of aromatic nitrogens is 3. The molecule has 1 heterocycles. The molecule has 0 amide bonds. The normalized spacial score (nSPS) is 11.2. The lowest BCUT2D eigenvalue weighted by molar-refractivity contribution is 0.586. The van der Waals surface area contributed by atoms with Gasteiger partial charge in [0, 0.05) is 16.1 Å². The zero-order valence-electron chi connectivity index (χ0n) is 10.6. The molecule has 0 bridgehead atoms. The summed E-state index contributed by atoms with van der Waals surface area (Å²) in [7, 11) is 0. The van der Waals surface area contributed by atoms with Crippen LogP contribution in [0, 0.1) is 6.92 Å². The summed E-state index contributed by atoms with van der Waals surface area (Å²) in [6.45, 7) is 6.37. The highest BCUT2D eigenvalue weighted by atomic mass is 79.9. The molecule has 0 N–H and O–H groups in total. The van der Waals surface area contributed by atoms with E-state index in [0.29, 0.717) is 11.4 Å². The summed E-state index contributed by atoms with van der Waals surface area (Å²) in [6, 6.07) is 6.59. The number of alkyl halides is 1. The highest BCUT2D eigenvalue weighted by Crippen LogP contribution is 2.27. The zero-order valence-corrected chi connectivity index (χ0v) is 13.8. The number of aryl methyl sites for hydroxylation is 1. The quantitative estimate of drug-likeness (QED) is 0.743. The van der Waals surface area contributed by atoms with Gasteiger partial charge in [-0.3, -0.25) is 0 Å². The van der Waals surface area contributed by atoms with Crippen LogP contribution in [-0.2, 0) is 5.33 Å². The van der Waals surface area contributed by atoms with Crippen LogP contribution < -0.4 is 0 Å². The van der Waals surface area contributed by atoms with E-state index < -0.39 is 0 Å². The van der Waals surface area contributed by atoms with Gasteiger partial charge < -0.3 is 4.57 Å². The molecule has 1 aromatic heterocycles. The second kappa shape index (κ2) is 5.53. The lowest BCUT2D eigenvalue weighted by Gasteiger charge is -2.13. The van der Waals surface area contributed by atoms with Crippen LogP contribution in [0.3, 0.4) is 0 Å². The number of hydrogen-bond acceptors (Lipinski definition) is 2. The number of halogens is 2. The molecular weight excluding hydrogens is 358 g/mol. The van der Waals surface area contributed by atoms with E-state index in [0.717, 1.165) is 21.7 Å². The van der Waals surface area contributed by atoms with Crippen LogP contribution in [0.5, 0.6) is 0 Å². The molecular formula is C13H15Br2N3. The maximum absolute atomic E-state index is 4.32. The van der Waals surface area contributed by atoms with Crippen LogP contribution in [0.4, 0.5) is 0 Å². The van der Waals surface area contributed by atoms with Crippen molar-refractivity contribution in [3.05, 3.63) is 34.1 Å². The van der Waals surface area contributed by atoms with Crippen molar-refractivity contribution in [3.63, 3.8) is 0 Å². The van der Waals surface area contributed by atoms with Gasteiger partial charge in [0.15, 0.2) is 5.82 Å². The minimum absolute atomic E-state index is 0.339. The SMILES string of the molecule is Cc1cc(-c2nnc(CBr)n2C(C)C)ccc1Br. The fourth-order valence-corrected chi connectivity index (χ4v) is 2.57. The zero-order chi connectivity index (χ0) is 13.3. The lowest BCUT2D eigenvalue weighted by Crippen LogP contribution is -2.07. The summed E-state index contributed by atoms with van der Waals surface area (Å²) in [5, 5.41) is 9.27. The predicted molar refractivity (Wildman–Crippen MR) is 80.9 cm³/mol. The maximum atomic E-state index is 4.32. The van der Waals surface area contributed by atoms with Crippen molar-refractivity contribution < 1.29 is 0 Å². The van der Waals surface area contributed by atoms with Gasteiger partial charge in [-0.1, -0.05) is 37.9 Å². The summed E-state index contributed by atoms with van der Waals surface area (Å²) in [4.78, 5) is 0.